The van der Waals surface area contributed by atoms with Crippen molar-refractivity contribution in [1.82, 2.24) is 0 Å². The van der Waals surface area contributed by atoms with Gasteiger partial charge in [-0.3, -0.25) is 4.79 Å². The maximum atomic E-state index is 10.2. The molecule has 0 aromatic carbocycles. The summed E-state index contributed by atoms with van der Waals surface area (Å²) in [6.45, 7) is 2.16. The van der Waals surface area contributed by atoms with Crippen LogP contribution in [-0.4, -0.2) is 11.1 Å². The second-order valence-electron chi connectivity index (χ2n) is 4.00. The van der Waals surface area contributed by atoms with E-state index in [4.69, 9.17) is 16.7 Å². The highest BCUT2D eigenvalue weighted by Gasteiger charge is 1.98. The molecule has 0 fully saturated rings. The van der Waals surface area contributed by atoms with E-state index in [1.54, 1.807) is 5.54 Å². The number of carboxylic acids is 1. The molecule has 0 aliphatic rings. The highest BCUT2D eigenvalue weighted by Crippen LogP contribution is 2.13. The lowest BCUT2D eigenvalue weighted by molar-refractivity contribution is -0.137. The lowest BCUT2D eigenvalue weighted by Crippen LogP contribution is -1.94. The van der Waals surface area contributed by atoms with E-state index in [1.807, 2.05) is 6.08 Å². The van der Waals surface area contributed by atoms with Crippen molar-refractivity contribution in [3.8, 4) is 0 Å². The van der Waals surface area contributed by atoms with Gasteiger partial charge in [-0.05, 0) is 18.8 Å². The number of unbranched alkanes of at least 4 members (excludes halogenated alkanes) is 4. The number of halogens is 1. The first-order valence-electron chi connectivity index (χ1n) is 5.65. The third kappa shape index (κ3) is 11.4. The van der Waals surface area contributed by atoms with E-state index in [9.17, 15) is 4.79 Å². The van der Waals surface area contributed by atoms with Crippen molar-refractivity contribution in [2.45, 2.75) is 51.9 Å². The fraction of sp³-hybridized carbons (Fsp3) is 0.750. The zero-order valence-electron chi connectivity index (χ0n) is 9.42. The highest BCUT2D eigenvalue weighted by molar-refractivity contribution is 6.25. The highest BCUT2D eigenvalue weighted by atomic mass is 35.5. The number of hydrogen-bond donors (Lipinski definition) is 1. The number of rotatable bonds is 9. The van der Waals surface area contributed by atoms with E-state index < -0.39 is 5.97 Å². The molecule has 0 amide bonds. The Bertz CT molecular complexity index is 190. The second kappa shape index (κ2) is 10.0. The summed E-state index contributed by atoms with van der Waals surface area (Å²) in [6.07, 6.45) is 8.87. The van der Waals surface area contributed by atoms with Gasteiger partial charge in [0.05, 0.1) is 0 Å². The molecule has 88 valence electrons. The maximum absolute atomic E-state index is 10.2. The smallest absolute Gasteiger partial charge is 0.303 e. The summed E-state index contributed by atoms with van der Waals surface area (Å²) in [4.78, 5) is 10.2. The van der Waals surface area contributed by atoms with Gasteiger partial charge in [0.25, 0.3) is 0 Å². The molecule has 1 atom stereocenters. The van der Waals surface area contributed by atoms with Crippen LogP contribution in [0, 0.1) is 5.92 Å². The van der Waals surface area contributed by atoms with Crippen molar-refractivity contribution in [1.29, 1.82) is 0 Å². The summed E-state index contributed by atoms with van der Waals surface area (Å²) in [5.41, 5.74) is 1.58. The van der Waals surface area contributed by atoms with Gasteiger partial charge in [0.1, 0.15) is 0 Å². The molecule has 0 saturated heterocycles. The number of carboxylic acid groups (broad SMARTS) is 1. The SMILES string of the molecule is CC(C=CCl)CCCCCCCC(=O)O. The van der Waals surface area contributed by atoms with Crippen LogP contribution in [0.1, 0.15) is 51.9 Å². The molecule has 0 saturated carbocycles. The molecule has 15 heavy (non-hydrogen) atoms. The third-order valence-corrected chi connectivity index (χ3v) is 2.60. The minimum Gasteiger partial charge on any atom is -0.481 e. The van der Waals surface area contributed by atoms with Crippen LogP contribution in [0.3, 0.4) is 0 Å². The molecule has 0 radical (unpaired) electrons. The monoisotopic (exact) mass is 232 g/mol. The zero-order chi connectivity index (χ0) is 11.5. The summed E-state index contributed by atoms with van der Waals surface area (Å²) in [5, 5.41) is 8.43. The van der Waals surface area contributed by atoms with Gasteiger partial charge < -0.3 is 5.11 Å². The van der Waals surface area contributed by atoms with Crippen LogP contribution >= 0.6 is 11.6 Å². The average Bonchev–Trinajstić information content (AvgIpc) is 2.16. The van der Waals surface area contributed by atoms with E-state index in [1.165, 1.54) is 19.3 Å². The summed E-state index contributed by atoms with van der Waals surface area (Å²) < 4.78 is 0. The summed E-state index contributed by atoms with van der Waals surface area (Å²) in [5.74, 6) is -0.127. The van der Waals surface area contributed by atoms with Crippen LogP contribution in [0.5, 0.6) is 0 Å². The average molecular weight is 233 g/mol. The van der Waals surface area contributed by atoms with E-state index in [-0.39, 0.29) is 0 Å². The molecule has 0 aliphatic heterocycles. The van der Waals surface area contributed by atoms with Crippen LogP contribution in [0.2, 0.25) is 0 Å². The van der Waals surface area contributed by atoms with Gasteiger partial charge in [-0.15, -0.1) is 0 Å². The van der Waals surface area contributed by atoms with Gasteiger partial charge in [0, 0.05) is 12.0 Å². The second-order valence-corrected chi connectivity index (χ2v) is 4.25. The van der Waals surface area contributed by atoms with Gasteiger partial charge in [-0.25, -0.2) is 0 Å². The first kappa shape index (κ1) is 14.5. The van der Waals surface area contributed by atoms with Crippen molar-refractivity contribution in [3.05, 3.63) is 11.6 Å². The van der Waals surface area contributed by atoms with Crippen LogP contribution in [0.15, 0.2) is 11.6 Å². The van der Waals surface area contributed by atoms with Gasteiger partial charge in [0.2, 0.25) is 0 Å². The molecule has 3 heteroatoms. The number of hydrogen-bond acceptors (Lipinski definition) is 1. The van der Waals surface area contributed by atoms with Crippen molar-refractivity contribution in [3.63, 3.8) is 0 Å². The largest absolute Gasteiger partial charge is 0.481 e. The van der Waals surface area contributed by atoms with Crippen LogP contribution in [-0.2, 0) is 4.79 Å². The van der Waals surface area contributed by atoms with Crippen LogP contribution in [0.25, 0.3) is 0 Å². The Hall–Kier alpha value is -0.500. The van der Waals surface area contributed by atoms with Gasteiger partial charge in [-0.1, -0.05) is 50.3 Å². The Labute approximate surface area is 97.3 Å². The van der Waals surface area contributed by atoms with Crippen molar-refractivity contribution >= 4 is 17.6 Å². The first-order chi connectivity index (χ1) is 7.16. The molecule has 0 aromatic rings. The standard InChI is InChI=1S/C12H21ClO2/c1-11(9-10-13)7-5-3-2-4-6-8-12(14)15/h9-11H,2-8H2,1H3,(H,14,15). The van der Waals surface area contributed by atoms with E-state index in [0.29, 0.717) is 12.3 Å². The summed E-state index contributed by atoms with van der Waals surface area (Å²) in [7, 11) is 0. The lowest BCUT2D eigenvalue weighted by atomic mass is 10.0. The number of carbonyl (C=O) groups is 1. The predicted molar refractivity (Wildman–Crippen MR) is 64.1 cm³/mol. The Kier molecular flexibility index (Phi) is 9.70. The van der Waals surface area contributed by atoms with Gasteiger partial charge in [-0.2, -0.15) is 0 Å². The quantitative estimate of drug-likeness (QED) is 0.606. The normalized spacial score (nSPS) is 13.2. The molecule has 0 rings (SSSR count). The Balaban J connectivity index is 3.14. The van der Waals surface area contributed by atoms with Crippen molar-refractivity contribution < 1.29 is 9.90 Å². The van der Waals surface area contributed by atoms with E-state index >= 15 is 0 Å². The molecule has 0 aliphatic carbocycles. The minimum absolute atomic E-state index is 0.311. The molecule has 0 spiro atoms. The van der Waals surface area contributed by atoms with E-state index in [0.717, 1.165) is 19.3 Å². The molecule has 0 aromatic heterocycles. The van der Waals surface area contributed by atoms with Crippen molar-refractivity contribution in [2.75, 3.05) is 0 Å². The minimum atomic E-state index is -0.684. The molecule has 1 unspecified atom stereocenters. The lowest BCUT2D eigenvalue weighted by Gasteiger charge is -2.04. The Morgan fingerprint density at radius 2 is 1.87 bits per heavy atom. The molecule has 2 nitrogen and oxygen atoms in total. The first-order valence-corrected chi connectivity index (χ1v) is 6.09. The maximum Gasteiger partial charge on any atom is 0.303 e. The Morgan fingerprint density at radius 3 is 2.47 bits per heavy atom. The van der Waals surface area contributed by atoms with Crippen LogP contribution < -0.4 is 0 Å². The number of aliphatic carboxylic acids is 1. The van der Waals surface area contributed by atoms with Gasteiger partial charge in [0.15, 0.2) is 0 Å². The Morgan fingerprint density at radius 1 is 1.27 bits per heavy atom. The van der Waals surface area contributed by atoms with Crippen molar-refractivity contribution in [2.24, 2.45) is 5.92 Å². The fourth-order valence-electron chi connectivity index (χ4n) is 1.49. The molecule has 0 heterocycles. The molecule has 1 N–H and O–H groups in total. The predicted octanol–water partition coefficient (Wildman–Crippen LogP) is 4.19. The van der Waals surface area contributed by atoms with E-state index in [2.05, 4.69) is 6.92 Å². The molecule has 0 bridgehead atoms. The van der Waals surface area contributed by atoms with Gasteiger partial charge >= 0.3 is 5.97 Å². The fourth-order valence-corrected chi connectivity index (χ4v) is 1.74. The third-order valence-electron chi connectivity index (χ3n) is 2.45. The molecular formula is C12H21ClO2. The summed E-state index contributed by atoms with van der Waals surface area (Å²) >= 11 is 5.47. The van der Waals surface area contributed by atoms with Crippen LogP contribution in [0.4, 0.5) is 0 Å². The number of allylic oxidation sites excluding steroid dienone is 1. The topological polar surface area (TPSA) is 37.3 Å². The summed E-state index contributed by atoms with van der Waals surface area (Å²) in [6, 6.07) is 0. The zero-order valence-corrected chi connectivity index (χ0v) is 10.2. The molecular weight excluding hydrogens is 212 g/mol.